The van der Waals surface area contributed by atoms with Crippen molar-refractivity contribution < 1.29 is 14.3 Å². The number of nitrogens with two attached hydrogens (primary N) is 1. The summed E-state index contributed by atoms with van der Waals surface area (Å²) in [6.07, 6.45) is 6.65. The highest BCUT2D eigenvalue weighted by molar-refractivity contribution is 5.68. The van der Waals surface area contributed by atoms with Gasteiger partial charge in [-0.3, -0.25) is 10.8 Å². The Morgan fingerprint density at radius 2 is 2.23 bits per heavy atom. The number of nitrogens with one attached hydrogen (secondary N) is 3. The molecule has 1 amide bonds. The first-order valence-electron chi connectivity index (χ1n) is 10.2. The molecule has 1 saturated heterocycles. The summed E-state index contributed by atoms with van der Waals surface area (Å²) in [7, 11) is 0. The number of amides is 1. The Morgan fingerprint density at radius 3 is 2.87 bits per heavy atom. The van der Waals surface area contributed by atoms with Gasteiger partial charge >= 0.3 is 6.09 Å². The molecule has 1 aliphatic rings. The third-order valence-corrected chi connectivity index (χ3v) is 4.31. The maximum Gasteiger partial charge on any atom is 0.408 e. The zero-order valence-electron chi connectivity index (χ0n) is 18.3. The van der Waals surface area contributed by atoms with Crippen LogP contribution in [0.5, 0.6) is 0 Å². The molecule has 1 aromatic rings. The molecule has 5 N–H and O–H groups in total. The zero-order valence-corrected chi connectivity index (χ0v) is 18.3. The number of hydrogen-bond acceptors (Lipinski definition) is 7. The van der Waals surface area contributed by atoms with Crippen molar-refractivity contribution in [2.75, 3.05) is 19.7 Å². The van der Waals surface area contributed by atoms with Crippen LogP contribution in [0.4, 0.5) is 4.79 Å². The molecule has 0 saturated carbocycles. The molecule has 1 aliphatic heterocycles. The predicted octanol–water partition coefficient (Wildman–Crippen LogP) is 2.19. The van der Waals surface area contributed by atoms with Crippen molar-refractivity contribution >= 4 is 11.8 Å². The van der Waals surface area contributed by atoms with Gasteiger partial charge < -0.3 is 25.5 Å². The van der Waals surface area contributed by atoms with Crippen LogP contribution >= 0.6 is 0 Å². The summed E-state index contributed by atoms with van der Waals surface area (Å²) in [4.78, 5) is 16.1. The van der Waals surface area contributed by atoms with Crippen molar-refractivity contribution in [1.29, 1.82) is 0 Å². The third kappa shape index (κ3) is 8.31. The summed E-state index contributed by atoms with van der Waals surface area (Å²) in [6.45, 7) is 9.14. The lowest BCUT2D eigenvalue weighted by atomic mass is 10.1. The van der Waals surface area contributed by atoms with Gasteiger partial charge in [-0.25, -0.2) is 4.79 Å². The smallest absolute Gasteiger partial charge is 0.408 e. The average Bonchev–Trinajstić information content (AvgIpc) is 2.69. The Kier molecular flexibility index (Phi) is 8.96. The molecule has 164 valence electrons. The molecule has 1 atom stereocenters. The van der Waals surface area contributed by atoms with Crippen molar-refractivity contribution in [3.05, 3.63) is 35.3 Å². The highest BCUT2D eigenvalue weighted by Gasteiger charge is 2.15. The quantitative estimate of drug-likeness (QED) is 0.320. The van der Waals surface area contributed by atoms with Crippen LogP contribution in [-0.4, -0.2) is 42.5 Å². The average molecular weight is 416 g/mol. The lowest BCUT2D eigenvalue weighted by Gasteiger charge is -2.22. The van der Waals surface area contributed by atoms with Crippen molar-refractivity contribution in [2.45, 2.75) is 58.7 Å². The second-order valence-electron chi connectivity index (χ2n) is 8.15. The van der Waals surface area contributed by atoms with E-state index in [0.717, 1.165) is 42.8 Å². The molecule has 0 aromatic carbocycles. The van der Waals surface area contributed by atoms with Crippen molar-refractivity contribution in [3.8, 4) is 11.8 Å². The van der Waals surface area contributed by atoms with E-state index in [1.807, 2.05) is 40.0 Å². The van der Waals surface area contributed by atoms with E-state index in [1.54, 1.807) is 6.20 Å². The fourth-order valence-electron chi connectivity index (χ4n) is 2.94. The normalized spacial score (nSPS) is 16.8. The van der Waals surface area contributed by atoms with Crippen LogP contribution in [0.15, 0.2) is 18.5 Å². The number of carbonyl (C=O) groups is 1. The standard InChI is InChI=1S/C22H33N5O3/c1-16-12-17(8-7-10-25-21(28)30-22(2,3)4)13-26-20(16)19(27-23)15-24-14-18-9-5-6-11-29-18/h12-13,15,18,24,27H,5-6,9-11,14,23H2,1-4H3,(H,25,28)/b19-15-. The van der Waals surface area contributed by atoms with Crippen LogP contribution in [0.25, 0.3) is 5.70 Å². The van der Waals surface area contributed by atoms with E-state index in [0.29, 0.717) is 5.70 Å². The molecule has 8 heteroatoms. The van der Waals surface area contributed by atoms with Crippen LogP contribution in [0.2, 0.25) is 0 Å². The number of pyridine rings is 1. The Bertz CT molecular complexity index is 799. The number of alkyl carbamates (subject to hydrolysis) is 1. The number of ether oxygens (including phenoxy) is 2. The van der Waals surface area contributed by atoms with Crippen LogP contribution in [0, 0.1) is 18.8 Å². The van der Waals surface area contributed by atoms with E-state index in [1.165, 1.54) is 6.42 Å². The minimum atomic E-state index is -0.533. The first-order chi connectivity index (χ1) is 14.3. The lowest BCUT2D eigenvalue weighted by Crippen LogP contribution is -2.32. The molecular weight excluding hydrogens is 382 g/mol. The summed E-state index contributed by atoms with van der Waals surface area (Å²) in [5, 5.41) is 5.87. The number of rotatable bonds is 6. The summed E-state index contributed by atoms with van der Waals surface area (Å²) in [5.74, 6) is 11.6. The van der Waals surface area contributed by atoms with E-state index >= 15 is 0 Å². The highest BCUT2D eigenvalue weighted by atomic mass is 16.6. The number of aryl methyl sites for hydroxylation is 1. The van der Waals surface area contributed by atoms with Gasteiger partial charge in [0.05, 0.1) is 24.0 Å². The Labute approximate surface area is 179 Å². The number of hydrazine groups is 1. The Hall–Kier alpha value is -2.76. The van der Waals surface area contributed by atoms with Crippen molar-refractivity contribution in [2.24, 2.45) is 5.84 Å². The fraction of sp³-hybridized carbons (Fsp3) is 0.545. The number of nitrogens with zero attached hydrogens (tertiary/aromatic N) is 1. The van der Waals surface area contributed by atoms with Gasteiger partial charge in [0.2, 0.25) is 0 Å². The topological polar surface area (TPSA) is 111 Å². The van der Waals surface area contributed by atoms with Crippen molar-refractivity contribution in [1.82, 2.24) is 21.0 Å². The maximum atomic E-state index is 11.6. The number of hydrogen-bond donors (Lipinski definition) is 4. The van der Waals surface area contributed by atoms with E-state index in [4.69, 9.17) is 15.3 Å². The molecule has 1 fully saturated rings. The van der Waals surface area contributed by atoms with E-state index in [9.17, 15) is 4.79 Å². The third-order valence-electron chi connectivity index (χ3n) is 4.31. The van der Waals surface area contributed by atoms with Gasteiger partial charge in [-0.15, -0.1) is 0 Å². The van der Waals surface area contributed by atoms with Gasteiger partial charge in [0.1, 0.15) is 5.60 Å². The minimum absolute atomic E-state index is 0.193. The first-order valence-corrected chi connectivity index (χ1v) is 10.2. The second kappa shape index (κ2) is 11.4. The van der Waals surface area contributed by atoms with E-state index < -0.39 is 11.7 Å². The van der Waals surface area contributed by atoms with Gasteiger partial charge in [-0.05, 0) is 58.6 Å². The molecular formula is C22H33N5O3. The fourth-order valence-corrected chi connectivity index (χ4v) is 2.94. The molecule has 30 heavy (non-hydrogen) atoms. The zero-order chi connectivity index (χ0) is 22.0. The summed E-state index contributed by atoms with van der Waals surface area (Å²) < 4.78 is 10.9. The molecule has 1 aromatic heterocycles. The van der Waals surface area contributed by atoms with Gasteiger partial charge in [0, 0.05) is 31.1 Å². The monoisotopic (exact) mass is 415 g/mol. The molecule has 0 radical (unpaired) electrons. The number of aromatic nitrogens is 1. The van der Waals surface area contributed by atoms with Gasteiger partial charge in [0.25, 0.3) is 0 Å². The first kappa shape index (κ1) is 23.5. The minimum Gasteiger partial charge on any atom is -0.444 e. The van der Waals surface area contributed by atoms with Crippen molar-refractivity contribution in [3.63, 3.8) is 0 Å². The molecule has 0 aliphatic carbocycles. The second-order valence-corrected chi connectivity index (χ2v) is 8.15. The SMILES string of the molecule is Cc1cc(C#CCNC(=O)OC(C)(C)C)cnc1/C(=C/NCC1CCCCO1)NN. The van der Waals surface area contributed by atoms with Gasteiger partial charge in [0.15, 0.2) is 0 Å². The van der Waals surface area contributed by atoms with Crippen LogP contribution in [-0.2, 0) is 9.47 Å². The largest absolute Gasteiger partial charge is 0.444 e. The Morgan fingerprint density at radius 1 is 1.43 bits per heavy atom. The molecule has 1 unspecified atom stereocenters. The maximum absolute atomic E-state index is 11.6. The Balaban J connectivity index is 1.91. The summed E-state index contributed by atoms with van der Waals surface area (Å²) in [6, 6.07) is 1.93. The molecule has 8 nitrogen and oxygen atoms in total. The van der Waals surface area contributed by atoms with Gasteiger partial charge in [-0.2, -0.15) is 0 Å². The predicted molar refractivity (Wildman–Crippen MR) is 117 cm³/mol. The molecule has 2 rings (SSSR count). The van der Waals surface area contributed by atoms with Gasteiger partial charge in [-0.1, -0.05) is 11.8 Å². The summed E-state index contributed by atoms with van der Waals surface area (Å²) in [5.41, 5.74) is 5.28. The highest BCUT2D eigenvalue weighted by Crippen LogP contribution is 2.15. The van der Waals surface area contributed by atoms with Crippen LogP contribution < -0.4 is 21.9 Å². The molecule has 0 bridgehead atoms. The summed E-state index contributed by atoms with van der Waals surface area (Å²) >= 11 is 0. The molecule has 2 heterocycles. The van der Waals surface area contributed by atoms with Crippen LogP contribution in [0.3, 0.4) is 0 Å². The number of carbonyl (C=O) groups excluding carboxylic acids is 1. The van der Waals surface area contributed by atoms with E-state index in [2.05, 4.69) is 32.9 Å². The lowest BCUT2D eigenvalue weighted by molar-refractivity contribution is 0.0188. The molecule has 0 spiro atoms. The van der Waals surface area contributed by atoms with E-state index in [-0.39, 0.29) is 12.6 Å². The van der Waals surface area contributed by atoms with Crippen LogP contribution in [0.1, 0.15) is 56.9 Å².